The van der Waals surface area contributed by atoms with Crippen molar-refractivity contribution >= 4 is 17.0 Å². The Morgan fingerprint density at radius 2 is 2.03 bits per heavy atom. The van der Waals surface area contributed by atoms with Gasteiger partial charge in [-0.25, -0.2) is 0 Å². The predicted molar refractivity (Wildman–Crippen MR) is 108 cm³/mol. The van der Waals surface area contributed by atoms with Gasteiger partial charge in [0.2, 0.25) is 0 Å². The van der Waals surface area contributed by atoms with Gasteiger partial charge in [0.1, 0.15) is 18.6 Å². The van der Waals surface area contributed by atoms with E-state index in [4.69, 9.17) is 14.2 Å². The molecule has 2 aromatic rings. The van der Waals surface area contributed by atoms with E-state index in [-0.39, 0.29) is 29.8 Å². The number of rotatable bonds is 3. The second-order valence-corrected chi connectivity index (χ2v) is 7.84. The zero-order chi connectivity index (χ0) is 19.8. The minimum Gasteiger partial charge on any atom is -0.497 e. The number of allylic oxidation sites excluding steroid dienone is 1. The number of ether oxygens (including phenoxy) is 3. The normalized spacial score (nSPS) is 28.7. The summed E-state index contributed by atoms with van der Waals surface area (Å²) in [5.41, 5.74) is 2.55. The zero-order valence-electron chi connectivity index (χ0n) is 16.4. The second kappa shape index (κ2) is 7.52. The van der Waals surface area contributed by atoms with Gasteiger partial charge in [-0.05, 0) is 42.7 Å². The Kier molecular flexibility index (Phi) is 4.72. The van der Waals surface area contributed by atoms with Gasteiger partial charge in [-0.1, -0.05) is 12.1 Å². The van der Waals surface area contributed by atoms with E-state index in [2.05, 4.69) is 9.88 Å². The van der Waals surface area contributed by atoms with E-state index in [0.717, 1.165) is 36.4 Å². The van der Waals surface area contributed by atoms with Gasteiger partial charge in [-0.3, -0.25) is 9.78 Å². The number of ketones is 1. The Bertz CT molecular complexity index is 912. The molecule has 4 atom stereocenters. The number of aromatic nitrogens is 1. The van der Waals surface area contributed by atoms with Crippen molar-refractivity contribution in [3.05, 3.63) is 60.6 Å². The Morgan fingerprint density at radius 1 is 1.17 bits per heavy atom. The van der Waals surface area contributed by atoms with Crippen LogP contribution in [0.3, 0.4) is 0 Å². The van der Waals surface area contributed by atoms with Gasteiger partial charge in [0.15, 0.2) is 5.78 Å². The summed E-state index contributed by atoms with van der Waals surface area (Å²) in [6.07, 6.45) is 6.93. The number of hydrogen-bond donors (Lipinski definition) is 0. The lowest BCUT2D eigenvalue weighted by Gasteiger charge is -2.48. The minimum atomic E-state index is -0.150. The molecule has 0 bridgehead atoms. The maximum Gasteiger partial charge on any atom is 0.173 e. The van der Waals surface area contributed by atoms with Crippen LogP contribution in [0.2, 0.25) is 0 Å². The molecule has 1 saturated carbocycles. The van der Waals surface area contributed by atoms with E-state index in [9.17, 15) is 4.79 Å². The molecule has 5 rings (SSSR count). The van der Waals surface area contributed by atoms with Gasteiger partial charge >= 0.3 is 0 Å². The molecule has 1 aromatic carbocycles. The molecule has 6 nitrogen and oxygen atoms in total. The monoisotopic (exact) mass is 392 g/mol. The SMILES string of the molecule is COc1ccc(C2=COC3C(CCC4OCN(c5cccnc5)CC43)C2=O)cc1. The number of hydrogen-bond acceptors (Lipinski definition) is 6. The first-order valence-corrected chi connectivity index (χ1v) is 10.1. The average Bonchev–Trinajstić information content (AvgIpc) is 2.79. The van der Waals surface area contributed by atoms with Crippen LogP contribution < -0.4 is 9.64 Å². The molecule has 6 heteroatoms. The molecule has 0 N–H and O–H groups in total. The van der Waals surface area contributed by atoms with Gasteiger partial charge < -0.3 is 19.1 Å². The molecule has 2 aliphatic heterocycles. The highest BCUT2D eigenvalue weighted by molar-refractivity contribution is 6.22. The van der Waals surface area contributed by atoms with E-state index < -0.39 is 0 Å². The van der Waals surface area contributed by atoms with Crippen LogP contribution in [-0.4, -0.2) is 43.4 Å². The van der Waals surface area contributed by atoms with Gasteiger partial charge in [-0.2, -0.15) is 0 Å². The van der Waals surface area contributed by atoms with Crippen molar-refractivity contribution < 1.29 is 19.0 Å². The Hall–Kier alpha value is -2.86. The molecule has 0 spiro atoms. The lowest BCUT2D eigenvalue weighted by atomic mass is 9.71. The highest BCUT2D eigenvalue weighted by Crippen LogP contribution is 2.42. The summed E-state index contributed by atoms with van der Waals surface area (Å²) in [4.78, 5) is 19.7. The molecule has 150 valence electrons. The molecule has 4 unspecified atom stereocenters. The van der Waals surface area contributed by atoms with Crippen molar-refractivity contribution in [2.45, 2.75) is 25.0 Å². The quantitative estimate of drug-likeness (QED) is 0.799. The summed E-state index contributed by atoms with van der Waals surface area (Å²) in [5, 5.41) is 0. The van der Waals surface area contributed by atoms with E-state index in [1.165, 1.54) is 0 Å². The highest BCUT2D eigenvalue weighted by Gasteiger charge is 2.49. The molecule has 1 saturated heterocycles. The summed E-state index contributed by atoms with van der Waals surface area (Å²) >= 11 is 0. The lowest BCUT2D eigenvalue weighted by molar-refractivity contribution is -0.140. The van der Waals surface area contributed by atoms with Crippen LogP contribution in [0.25, 0.3) is 5.57 Å². The van der Waals surface area contributed by atoms with Crippen LogP contribution >= 0.6 is 0 Å². The first-order valence-electron chi connectivity index (χ1n) is 10.1. The first-order chi connectivity index (χ1) is 14.2. The third kappa shape index (κ3) is 3.27. The van der Waals surface area contributed by atoms with Crippen molar-refractivity contribution in [3.8, 4) is 5.75 Å². The molecule has 2 fully saturated rings. The summed E-state index contributed by atoms with van der Waals surface area (Å²) in [5.74, 6) is 0.964. The number of pyridine rings is 1. The number of benzene rings is 1. The maximum atomic E-state index is 13.3. The smallest absolute Gasteiger partial charge is 0.173 e. The van der Waals surface area contributed by atoms with Gasteiger partial charge in [0.25, 0.3) is 0 Å². The van der Waals surface area contributed by atoms with E-state index in [1.54, 1.807) is 19.6 Å². The van der Waals surface area contributed by atoms with E-state index >= 15 is 0 Å². The summed E-state index contributed by atoms with van der Waals surface area (Å²) in [6, 6.07) is 11.5. The van der Waals surface area contributed by atoms with Crippen LogP contribution in [-0.2, 0) is 14.3 Å². The summed E-state index contributed by atoms with van der Waals surface area (Å²) in [7, 11) is 1.63. The molecule has 29 heavy (non-hydrogen) atoms. The van der Waals surface area contributed by atoms with Crippen molar-refractivity contribution in [1.29, 1.82) is 0 Å². The lowest BCUT2D eigenvalue weighted by Crippen LogP contribution is -2.56. The maximum absolute atomic E-state index is 13.3. The Morgan fingerprint density at radius 3 is 2.79 bits per heavy atom. The van der Waals surface area contributed by atoms with Crippen LogP contribution in [0.15, 0.2) is 55.1 Å². The first kappa shape index (κ1) is 18.2. The predicted octanol–water partition coefficient (Wildman–Crippen LogP) is 3.29. The van der Waals surface area contributed by atoms with Crippen molar-refractivity contribution in [2.24, 2.45) is 11.8 Å². The summed E-state index contributed by atoms with van der Waals surface area (Å²) in [6.45, 7) is 1.35. The number of methoxy groups -OCH3 is 1. The third-order valence-electron chi connectivity index (χ3n) is 6.29. The Labute approximate surface area is 170 Å². The third-order valence-corrected chi connectivity index (χ3v) is 6.29. The number of carbonyl (C=O) groups is 1. The Balaban J connectivity index is 1.38. The second-order valence-electron chi connectivity index (χ2n) is 7.84. The van der Waals surface area contributed by atoms with Crippen LogP contribution in [0.1, 0.15) is 18.4 Å². The number of fused-ring (bicyclic) bond motifs is 3. The fourth-order valence-electron chi connectivity index (χ4n) is 4.74. The molecule has 0 amide bonds. The fourth-order valence-corrected chi connectivity index (χ4v) is 4.74. The van der Waals surface area contributed by atoms with Crippen molar-refractivity contribution in [3.63, 3.8) is 0 Å². The number of Topliss-reactive ketones (excluding diaryl/α,β-unsaturated/α-hetero) is 1. The standard InChI is InChI=1S/C23H24N2O4/c1-27-17-6-4-15(5-7-17)20-13-28-23-18(22(20)26)8-9-21-19(23)12-25(14-29-21)16-3-2-10-24-11-16/h2-7,10-11,13,18-19,21,23H,8-9,12,14H2,1H3. The molecule has 3 aliphatic rings. The van der Waals surface area contributed by atoms with Gasteiger partial charge in [0, 0.05) is 18.7 Å². The fraction of sp³-hybridized carbons (Fsp3) is 0.391. The zero-order valence-corrected chi connectivity index (χ0v) is 16.4. The van der Waals surface area contributed by atoms with E-state index in [1.807, 2.05) is 42.6 Å². The van der Waals surface area contributed by atoms with Crippen molar-refractivity contribution in [2.75, 3.05) is 25.3 Å². The largest absolute Gasteiger partial charge is 0.497 e. The number of carbonyl (C=O) groups excluding carboxylic acids is 1. The molecule has 0 radical (unpaired) electrons. The molecular formula is C23H24N2O4. The number of nitrogens with zero attached hydrogens (tertiary/aromatic N) is 2. The van der Waals surface area contributed by atoms with Crippen LogP contribution in [0, 0.1) is 11.8 Å². The van der Waals surface area contributed by atoms with Crippen LogP contribution in [0.5, 0.6) is 5.75 Å². The number of anilines is 1. The van der Waals surface area contributed by atoms with Crippen LogP contribution in [0.4, 0.5) is 5.69 Å². The summed E-state index contributed by atoms with van der Waals surface area (Å²) < 4.78 is 17.6. The average molecular weight is 392 g/mol. The molecule has 3 heterocycles. The van der Waals surface area contributed by atoms with Gasteiger partial charge in [-0.15, -0.1) is 0 Å². The van der Waals surface area contributed by atoms with E-state index in [0.29, 0.717) is 12.3 Å². The molecule has 1 aromatic heterocycles. The van der Waals surface area contributed by atoms with Crippen molar-refractivity contribution in [1.82, 2.24) is 4.98 Å². The minimum absolute atomic E-state index is 0.129. The molecular weight excluding hydrogens is 368 g/mol. The topological polar surface area (TPSA) is 60.9 Å². The van der Waals surface area contributed by atoms with Gasteiger partial charge in [0.05, 0.1) is 42.9 Å². The highest BCUT2D eigenvalue weighted by atomic mass is 16.5. The molecule has 1 aliphatic carbocycles.